The first kappa shape index (κ1) is 16.9. The molecular weight excluding hydrogens is 320 g/mol. The van der Waals surface area contributed by atoms with Gasteiger partial charge in [-0.1, -0.05) is 32.0 Å². The van der Waals surface area contributed by atoms with Crippen molar-refractivity contribution < 1.29 is 9.53 Å². The standard InChI is InChI=1S/C18H20N4O3/c1-4-25-15(23)11-21-18(24)17-14(16(20-21)12(2)3)10-19-22(17)13-8-6-5-7-9-13/h5-10,12H,4,11H2,1-3H3. The van der Waals surface area contributed by atoms with Crippen molar-refractivity contribution in [3.63, 3.8) is 0 Å². The average Bonchev–Trinajstić information content (AvgIpc) is 3.03. The van der Waals surface area contributed by atoms with Crippen LogP contribution in [0.4, 0.5) is 0 Å². The largest absolute Gasteiger partial charge is 0.465 e. The summed E-state index contributed by atoms with van der Waals surface area (Å²) in [5.41, 5.74) is 1.54. The van der Waals surface area contributed by atoms with Gasteiger partial charge in [-0.25, -0.2) is 9.36 Å². The van der Waals surface area contributed by atoms with Crippen LogP contribution >= 0.6 is 0 Å². The first-order valence-electron chi connectivity index (χ1n) is 8.22. The monoisotopic (exact) mass is 340 g/mol. The molecule has 0 aliphatic rings. The molecule has 0 N–H and O–H groups in total. The first-order valence-corrected chi connectivity index (χ1v) is 8.22. The summed E-state index contributed by atoms with van der Waals surface area (Å²) >= 11 is 0. The molecule has 0 aliphatic carbocycles. The maximum Gasteiger partial charge on any atom is 0.327 e. The summed E-state index contributed by atoms with van der Waals surface area (Å²) in [6.07, 6.45) is 1.65. The van der Waals surface area contributed by atoms with Crippen molar-refractivity contribution in [2.45, 2.75) is 33.2 Å². The lowest BCUT2D eigenvalue weighted by Crippen LogP contribution is -2.30. The fraction of sp³-hybridized carbons (Fsp3) is 0.333. The van der Waals surface area contributed by atoms with Crippen LogP contribution in [0.2, 0.25) is 0 Å². The topological polar surface area (TPSA) is 79.0 Å². The number of nitrogens with zero attached hydrogens (tertiary/aromatic N) is 4. The SMILES string of the molecule is CCOC(=O)Cn1nc(C(C)C)c2cnn(-c3ccccc3)c2c1=O. The molecule has 3 aromatic rings. The Morgan fingerprint density at radius 2 is 1.96 bits per heavy atom. The van der Waals surface area contributed by atoms with Gasteiger partial charge >= 0.3 is 5.97 Å². The molecule has 3 rings (SSSR count). The van der Waals surface area contributed by atoms with Crippen molar-refractivity contribution in [3.8, 4) is 5.69 Å². The Bertz CT molecular complexity index is 958. The maximum atomic E-state index is 12.9. The molecule has 7 heteroatoms. The number of hydrogen-bond donors (Lipinski definition) is 0. The summed E-state index contributed by atoms with van der Waals surface area (Å²) in [4.78, 5) is 24.8. The van der Waals surface area contributed by atoms with Crippen molar-refractivity contribution >= 4 is 16.9 Å². The van der Waals surface area contributed by atoms with E-state index in [1.165, 1.54) is 0 Å². The summed E-state index contributed by atoms with van der Waals surface area (Å²) in [6.45, 7) is 5.74. The van der Waals surface area contributed by atoms with Gasteiger partial charge in [-0.2, -0.15) is 10.2 Å². The highest BCUT2D eigenvalue weighted by atomic mass is 16.5. The highest BCUT2D eigenvalue weighted by Crippen LogP contribution is 2.22. The van der Waals surface area contributed by atoms with Crippen LogP contribution < -0.4 is 5.56 Å². The van der Waals surface area contributed by atoms with E-state index in [9.17, 15) is 9.59 Å². The molecule has 0 atom stereocenters. The van der Waals surface area contributed by atoms with Gasteiger partial charge in [0.15, 0.2) is 0 Å². The Morgan fingerprint density at radius 3 is 2.60 bits per heavy atom. The third kappa shape index (κ3) is 3.17. The van der Waals surface area contributed by atoms with E-state index in [1.807, 2.05) is 44.2 Å². The minimum Gasteiger partial charge on any atom is -0.465 e. The van der Waals surface area contributed by atoms with E-state index in [0.717, 1.165) is 16.1 Å². The Hall–Kier alpha value is -2.96. The van der Waals surface area contributed by atoms with E-state index in [0.29, 0.717) is 10.9 Å². The van der Waals surface area contributed by atoms with Crippen molar-refractivity contribution in [1.29, 1.82) is 0 Å². The van der Waals surface area contributed by atoms with Gasteiger partial charge in [0, 0.05) is 5.39 Å². The minimum absolute atomic E-state index is 0.0740. The molecule has 1 aromatic carbocycles. The number of rotatable bonds is 5. The second-order valence-corrected chi connectivity index (χ2v) is 5.96. The molecule has 2 heterocycles. The Kier molecular flexibility index (Phi) is 4.65. The van der Waals surface area contributed by atoms with Crippen LogP contribution in [0.15, 0.2) is 41.3 Å². The third-order valence-corrected chi connectivity index (χ3v) is 3.84. The van der Waals surface area contributed by atoms with Crippen molar-refractivity contribution in [3.05, 3.63) is 52.6 Å². The zero-order valence-electron chi connectivity index (χ0n) is 14.5. The Balaban J connectivity index is 2.24. The van der Waals surface area contributed by atoms with Gasteiger partial charge < -0.3 is 4.74 Å². The second kappa shape index (κ2) is 6.88. The number of ether oxygens (including phenoxy) is 1. The van der Waals surface area contributed by atoms with Gasteiger partial charge in [-0.3, -0.25) is 9.59 Å². The molecular formula is C18H20N4O3. The third-order valence-electron chi connectivity index (χ3n) is 3.84. The van der Waals surface area contributed by atoms with Crippen molar-refractivity contribution in [2.24, 2.45) is 0 Å². The summed E-state index contributed by atoms with van der Waals surface area (Å²) in [6, 6.07) is 9.40. The fourth-order valence-corrected chi connectivity index (χ4v) is 2.72. The molecule has 25 heavy (non-hydrogen) atoms. The number of carbonyl (C=O) groups excluding carboxylic acids is 1. The molecule has 2 aromatic heterocycles. The van der Waals surface area contributed by atoms with Gasteiger partial charge in [-0.15, -0.1) is 0 Å². The van der Waals surface area contributed by atoms with Gasteiger partial charge in [0.05, 0.1) is 24.2 Å². The average molecular weight is 340 g/mol. The smallest absolute Gasteiger partial charge is 0.327 e. The van der Waals surface area contributed by atoms with Gasteiger partial charge in [0.25, 0.3) is 5.56 Å². The van der Waals surface area contributed by atoms with Crippen LogP contribution in [-0.2, 0) is 16.1 Å². The van der Waals surface area contributed by atoms with Crippen LogP contribution in [0.25, 0.3) is 16.6 Å². The van der Waals surface area contributed by atoms with E-state index in [4.69, 9.17) is 4.74 Å². The zero-order valence-corrected chi connectivity index (χ0v) is 14.5. The van der Waals surface area contributed by atoms with Gasteiger partial charge in [0.2, 0.25) is 0 Å². The van der Waals surface area contributed by atoms with Gasteiger partial charge in [-0.05, 0) is 25.0 Å². The molecule has 0 spiro atoms. The fourth-order valence-electron chi connectivity index (χ4n) is 2.72. The molecule has 0 aliphatic heterocycles. The van der Waals surface area contributed by atoms with Crippen LogP contribution in [0, 0.1) is 0 Å². The first-order chi connectivity index (χ1) is 12.0. The number of hydrogen-bond acceptors (Lipinski definition) is 5. The van der Waals surface area contributed by atoms with E-state index < -0.39 is 5.97 Å². The normalized spacial score (nSPS) is 11.2. The Labute approximate surface area is 144 Å². The molecule has 0 radical (unpaired) electrons. The number of benzene rings is 1. The number of para-hydroxylation sites is 1. The highest BCUT2D eigenvalue weighted by Gasteiger charge is 2.20. The summed E-state index contributed by atoms with van der Waals surface area (Å²) < 4.78 is 7.70. The molecule has 0 fully saturated rings. The molecule has 0 saturated carbocycles. The van der Waals surface area contributed by atoms with Crippen LogP contribution in [0.5, 0.6) is 0 Å². The number of carbonyl (C=O) groups is 1. The number of esters is 1. The Morgan fingerprint density at radius 1 is 1.24 bits per heavy atom. The van der Waals surface area contributed by atoms with E-state index in [2.05, 4.69) is 10.2 Å². The van der Waals surface area contributed by atoms with Gasteiger partial charge in [0.1, 0.15) is 12.1 Å². The molecule has 0 saturated heterocycles. The lowest BCUT2D eigenvalue weighted by atomic mass is 10.1. The van der Waals surface area contributed by atoms with Crippen molar-refractivity contribution in [2.75, 3.05) is 6.61 Å². The second-order valence-electron chi connectivity index (χ2n) is 5.96. The quantitative estimate of drug-likeness (QED) is 0.666. The maximum absolute atomic E-state index is 12.9. The van der Waals surface area contributed by atoms with E-state index in [-0.39, 0.29) is 24.6 Å². The molecule has 0 bridgehead atoms. The summed E-state index contributed by atoms with van der Waals surface area (Å²) in [5.74, 6) is -0.415. The molecule has 0 unspecified atom stereocenters. The lowest BCUT2D eigenvalue weighted by molar-refractivity contribution is -0.144. The zero-order chi connectivity index (χ0) is 18.0. The lowest BCUT2D eigenvalue weighted by Gasteiger charge is -2.11. The van der Waals surface area contributed by atoms with Crippen LogP contribution in [-0.4, -0.2) is 32.1 Å². The number of aromatic nitrogens is 4. The van der Waals surface area contributed by atoms with E-state index in [1.54, 1.807) is 17.8 Å². The predicted molar refractivity (Wildman–Crippen MR) is 93.8 cm³/mol. The summed E-state index contributed by atoms with van der Waals surface area (Å²) in [5, 5.41) is 9.45. The number of fused-ring (bicyclic) bond motifs is 1. The van der Waals surface area contributed by atoms with Crippen LogP contribution in [0.1, 0.15) is 32.4 Å². The molecule has 7 nitrogen and oxygen atoms in total. The highest BCUT2D eigenvalue weighted by molar-refractivity contribution is 5.82. The summed E-state index contributed by atoms with van der Waals surface area (Å²) in [7, 11) is 0. The molecule has 130 valence electrons. The molecule has 0 amide bonds. The predicted octanol–water partition coefficient (Wildman–Crippen LogP) is 2.27. The van der Waals surface area contributed by atoms with Crippen molar-refractivity contribution in [1.82, 2.24) is 19.6 Å². The van der Waals surface area contributed by atoms with E-state index >= 15 is 0 Å². The minimum atomic E-state index is -0.489. The van der Waals surface area contributed by atoms with Crippen LogP contribution in [0.3, 0.4) is 0 Å².